The number of benzodiazepines with no additional fused rings is 1. The second kappa shape index (κ2) is 4.86. The Balaban J connectivity index is 2.17. The van der Waals surface area contributed by atoms with E-state index in [0.29, 0.717) is 5.02 Å². The highest BCUT2D eigenvalue weighted by Crippen LogP contribution is 2.30. The molecule has 0 unspecified atom stereocenters. The molecule has 3 rings (SSSR count). The van der Waals surface area contributed by atoms with Crippen molar-refractivity contribution in [3.05, 3.63) is 59.1 Å². The molecule has 1 amide bonds. The Kier molecular flexibility index (Phi) is 3.05. The number of carbonyl (C=O) groups excluding carboxylic acids is 1. The van der Waals surface area contributed by atoms with Gasteiger partial charge in [0.1, 0.15) is 6.54 Å². The van der Waals surface area contributed by atoms with Crippen molar-refractivity contribution in [3.63, 3.8) is 0 Å². The summed E-state index contributed by atoms with van der Waals surface area (Å²) in [4.78, 5) is 18.1. The number of para-hydroxylation sites is 1. The van der Waals surface area contributed by atoms with Crippen LogP contribution in [0.3, 0.4) is 0 Å². The quantitative estimate of drug-likeness (QED) is 0.781. The van der Waals surface area contributed by atoms with Crippen LogP contribution in [0.1, 0.15) is 5.56 Å². The van der Waals surface area contributed by atoms with Crippen molar-refractivity contribution in [1.82, 2.24) is 0 Å². The lowest BCUT2D eigenvalue weighted by Crippen LogP contribution is -2.27. The van der Waals surface area contributed by atoms with Gasteiger partial charge in [-0.2, -0.15) is 0 Å². The van der Waals surface area contributed by atoms with E-state index in [2.05, 4.69) is 4.99 Å². The Morgan fingerprint density at radius 3 is 2.79 bits per heavy atom. The fraction of sp³-hybridized carbons (Fsp3) is 0.0667. The molecule has 0 aromatic heterocycles. The Labute approximate surface area is 116 Å². The van der Waals surface area contributed by atoms with Gasteiger partial charge >= 0.3 is 0 Å². The molecule has 2 aromatic carbocycles. The van der Waals surface area contributed by atoms with Gasteiger partial charge < -0.3 is 0 Å². The van der Waals surface area contributed by atoms with Crippen LogP contribution in [-0.2, 0) is 4.79 Å². The van der Waals surface area contributed by atoms with Crippen LogP contribution in [0.4, 0.5) is 11.4 Å². The number of carbonyl (C=O) groups is 1. The van der Waals surface area contributed by atoms with E-state index in [1.165, 1.54) is 0 Å². The van der Waals surface area contributed by atoms with Crippen LogP contribution in [0, 0.1) is 0 Å². The van der Waals surface area contributed by atoms with E-state index in [1.807, 2.05) is 36.4 Å². The summed E-state index contributed by atoms with van der Waals surface area (Å²) >= 11 is 6.01. The van der Waals surface area contributed by atoms with Gasteiger partial charge in [0.2, 0.25) is 0 Å². The molecule has 0 N–H and O–H groups in total. The summed E-state index contributed by atoms with van der Waals surface area (Å²) in [5.41, 5.74) is 2.51. The third-order valence-electron chi connectivity index (χ3n) is 2.95. The van der Waals surface area contributed by atoms with Crippen molar-refractivity contribution in [3.8, 4) is 0 Å². The van der Waals surface area contributed by atoms with Crippen molar-refractivity contribution in [1.29, 1.82) is 0 Å². The number of nitrogens with zero attached hydrogens (tertiary/aromatic N) is 2. The maximum Gasteiger partial charge on any atom is 0.253 e. The second-order valence-corrected chi connectivity index (χ2v) is 4.67. The molecule has 0 atom stereocenters. The van der Waals surface area contributed by atoms with Crippen LogP contribution < -0.4 is 4.90 Å². The number of hydrogen-bond donors (Lipinski definition) is 0. The number of benzene rings is 2. The zero-order valence-electron chi connectivity index (χ0n) is 10.1. The first-order chi connectivity index (χ1) is 9.25. The molecule has 2 aromatic rings. The summed E-state index contributed by atoms with van der Waals surface area (Å²) in [5.74, 6) is -0.0662. The van der Waals surface area contributed by atoms with Gasteiger partial charge in [-0.05, 0) is 24.3 Å². The highest BCUT2D eigenvalue weighted by molar-refractivity contribution is 6.31. The van der Waals surface area contributed by atoms with Crippen LogP contribution in [0.25, 0.3) is 0 Å². The zero-order valence-corrected chi connectivity index (χ0v) is 10.8. The van der Waals surface area contributed by atoms with Gasteiger partial charge in [0.15, 0.2) is 0 Å². The predicted octanol–water partition coefficient (Wildman–Crippen LogP) is 3.44. The number of halogens is 1. The number of rotatable bonds is 1. The summed E-state index contributed by atoms with van der Waals surface area (Å²) in [6.45, 7) is 0.140. The molecule has 19 heavy (non-hydrogen) atoms. The summed E-state index contributed by atoms with van der Waals surface area (Å²) < 4.78 is 0. The average Bonchev–Trinajstić information content (AvgIpc) is 2.57. The first-order valence-electron chi connectivity index (χ1n) is 5.93. The first kappa shape index (κ1) is 11.9. The van der Waals surface area contributed by atoms with Gasteiger partial charge in [0, 0.05) is 16.8 Å². The SMILES string of the molecule is O=C1CN=Cc2ccccc2N1c1cccc(Cl)c1. The molecule has 0 bridgehead atoms. The molecule has 94 valence electrons. The van der Waals surface area contributed by atoms with E-state index in [9.17, 15) is 4.79 Å². The lowest BCUT2D eigenvalue weighted by molar-refractivity contribution is -0.116. The van der Waals surface area contributed by atoms with E-state index in [-0.39, 0.29) is 12.5 Å². The monoisotopic (exact) mass is 270 g/mol. The summed E-state index contributed by atoms with van der Waals surface area (Å²) in [7, 11) is 0. The second-order valence-electron chi connectivity index (χ2n) is 4.24. The standard InChI is InChI=1S/C15H11ClN2O/c16-12-5-3-6-13(8-12)18-14-7-2-1-4-11(14)9-17-10-15(18)19/h1-9H,10H2. The van der Waals surface area contributed by atoms with E-state index < -0.39 is 0 Å². The van der Waals surface area contributed by atoms with E-state index in [4.69, 9.17) is 11.6 Å². The van der Waals surface area contributed by atoms with Crippen molar-refractivity contribution in [2.24, 2.45) is 4.99 Å². The zero-order chi connectivity index (χ0) is 13.2. The molecule has 0 fully saturated rings. The minimum Gasteiger partial charge on any atom is -0.283 e. The molecule has 0 saturated heterocycles. The number of anilines is 2. The lowest BCUT2D eigenvalue weighted by atomic mass is 10.1. The third kappa shape index (κ3) is 2.25. The molecule has 1 heterocycles. The van der Waals surface area contributed by atoms with Crippen molar-refractivity contribution >= 4 is 35.1 Å². The molecule has 0 spiro atoms. The van der Waals surface area contributed by atoms with Crippen LogP contribution in [-0.4, -0.2) is 18.7 Å². The normalized spacial score (nSPS) is 14.2. The molecule has 0 radical (unpaired) electrons. The molecule has 1 aliphatic rings. The molecule has 0 aliphatic carbocycles. The minimum absolute atomic E-state index is 0.0662. The Morgan fingerprint density at radius 2 is 1.95 bits per heavy atom. The molecular formula is C15H11ClN2O. The Hall–Kier alpha value is -2.13. The smallest absolute Gasteiger partial charge is 0.253 e. The number of hydrogen-bond acceptors (Lipinski definition) is 2. The fourth-order valence-electron chi connectivity index (χ4n) is 2.13. The largest absolute Gasteiger partial charge is 0.283 e. The highest BCUT2D eigenvalue weighted by Gasteiger charge is 2.21. The Morgan fingerprint density at radius 1 is 1.11 bits per heavy atom. The molecule has 3 nitrogen and oxygen atoms in total. The summed E-state index contributed by atoms with van der Waals surface area (Å²) in [5, 5.41) is 0.605. The average molecular weight is 271 g/mol. The van der Waals surface area contributed by atoms with Crippen molar-refractivity contribution < 1.29 is 4.79 Å². The van der Waals surface area contributed by atoms with Gasteiger partial charge in [0.05, 0.1) is 11.4 Å². The van der Waals surface area contributed by atoms with Crippen LogP contribution >= 0.6 is 11.6 Å². The number of fused-ring (bicyclic) bond motifs is 1. The van der Waals surface area contributed by atoms with E-state index in [1.54, 1.807) is 23.2 Å². The van der Waals surface area contributed by atoms with Gasteiger partial charge in [-0.25, -0.2) is 0 Å². The predicted molar refractivity (Wildman–Crippen MR) is 77.5 cm³/mol. The maximum absolute atomic E-state index is 12.3. The van der Waals surface area contributed by atoms with Gasteiger partial charge in [-0.1, -0.05) is 35.9 Å². The summed E-state index contributed by atoms with van der Waals surface area (Å²) in [6, 6.07) is 14.9. The Bertz CT molecular complexity index is 667. The third-order valence-corrected chi connectivity index (χ3v) is 3.19. The van der Waals surface area contributed by atoms with E-state index in [0.717, 1.165) is 16.9 Å². The van der Waals surface area contributed by atoms with Gasteiger partial charge in [-0.15, -0.1) is 0 Å². The minimum atomic E-state index is -0.0662. The summed E-state index contributed by atoms with van der Waals surface area (Å²) in [6.07, 6.45) is 1.73. The fourth-order valence-corrected chi connectivity index (χ4v) is 2.31. The molecule has 0 saturated carbocycles. The molecule has 1 aliphatic heterocycles. The van der Waals surface area contributed by atoms with Crippen LogP contribution in [0.15, 0.2) is 53.5 Å². The topological polar surface area (TPSA) is 32.7 Å². The number of aliphatic imine (C=N–C) groups is 1. The highest BCUT2D eigenvalue weighted by atomic mass is 35.5. The van der Waals surface area contributed by atoms with Gasteiger partial charge in [0.25, 0.3) is 5.91 Å². The first-order valence-corrected chi connectivity index (χ1v) is 6.31. The van der Waals surface area contributed by atoms with Gasteiger partial charge in [-0.3, -0.25) is 14.7 Å². The van der Waals surface area contributed by atoms with Crippen LogP contribution in [0.2, 0.25) is 5.02 Å². The molecule has 4 heteroatoms. The van der Waals surface area contributed by atoms with Crippen molar-refractivity contribution in [2.45, 2.75) is 0 Å². The van der Waals surface area contributed by atoms with Crippen molar-refractivity contribution in [2.75, 3.05) is 11.4 Å². The van der Waals surface area contributed by atoms with E-state index >= 15 is 0 Å². The molecular weight excluding hydrogens is 260 g/mol. The number of amides is 1. The van der Waals surface area contributed by atoms with Crippen LogP contribution in [0.5, 0.6) is 0 Å². The maximum atomic E-state index is 12.3. The lowest BCUT2D eigenvalue weighted by Gasteiger charge is -2.22.